The van der Waals surface area contributed by atoms with Gasteiger partial charge in [0, 0.05) is 34.4 Å². The van der Waals surface area contributed by atoms with Crippen molar-refractivity contribution in [2.45, 2.75) is 102 Å². The molecule has 2 heterocycles. The largest absolute Gasteiger partial charge is 0.452 e. The molecule has 0 aromatic heterocycles. The summed E-state index contributed by atoms with van der Waals surface area (Å²) in [6.45, 7) is 15.2. The second kappa shape index (κ2) is 11.0. The van der Waals surface area contributed by atoms with Gasteiger partial charge in [-0.2, -0.15) is 0 Å². The van der Waals surface area contributed by atoms with Gasteiger partial charge >= 0.3 is 5.97 Å². The highest BCUT2D eigenvalue weighted by Gasteiger charge is 2.46. The summed E-state index contributed by atoms with van der Waals surface area (Å²) in [6.07, 6.45) is 10.1. The first-order chi connectivity index (χ1) is 14.2. The molecule has 0 bridgehead atoms. The average Bonchev–Trinajstić information content (AvgIpc) is 3.18. The fourth-order valence-corrected chi connectivity index (χ4v) is 5.43. The smallest absolute Gasteiger partial charge is 0.333 e. The van der Waals surface area contributed by atoms with Crippen molar-refractivity contribution in [2.24, 2.45) is 0 Å². The molecule has 2 aliphatic rings. The number of ether oxygens (including phenoxy) is 3. The van der Waals surface area contributed by atoms with Gasteiger partial charge in [-0.05, 0) is 44.2 Å². The van der Waals surface area contributed by atoms with Crippen molar-refractivity contribution in [3.63, 3.8) is 0 Å². The van der Waals surface area contributed by atoms with E-state index in [0.29, 0.717) is 6.61 Å². The number of carbonyl (C=O) groups is 1. The predicted molar refractivity (Wildman–Crippen MR) is 125 cm³/mol. The Balaban J connectivity index is 2.36. The Morgan fingerprint density at radius 1 is 1.27 bits per heavy atom. The number of methoxy groups -OCH3 is 1. The first-order valence-corrected chi connectivity index (χ1v) is 15.4. The number of likely N-dealkylation sites (tertiary alicyclic amines) is 1. The van der Waals surface area contributed by atoms with E-state index in [1.165, 1.54) is 0 Å². The summed E-state index contributed by atoms with van der Waals surface area (Å²) in [6, 6.07) is 1.33. The van der Waals surface area contributed by atoms with E-state index < -0.39 is 8.07 Å². The zero-order chi connectivity index (χ0) is 22.4. The number of rotatable bonds is 11. The number of esters is 1. The van der Waals surface area contributed by atoms with Gasteiger partial charge in [-0.15, -0.1) is 0 Å². The van der Waals surface area contributed by atoms with Crippen molar-refractivity contribution in [2.75, 3.05) is 20.3 Å². The van der Waals surface area contributed by atoms with Gasteiger partial charge in [0.25, 0.3) is 0 Å². The number of nitrogens with zero attached hydrogens (tertiary/aromatic N) is 1. The molecule has 2 rings (SSSR count). The summed E-state index contributed by atoms with van der Waals surface area (Å²) in [5.74, 6) is -0.275. The third kappa shape index (κ3) is 5.98. The Kier molecular flexibility index (Phi) is 9.19. The maximum absolute atomic E-state index is 12.5. The molecule has 0 saturated carbocycles. The van der Waals surface area contributed by atoms with Crippen molar-refractivity contribution in [1.82, 2.24) is 4.90 Å². The Morgan fingerprint density at radius 3 is 2.53 bits per heavy atom. The van der Waals surface area contributed by atoms with Gasteiger partial charge in [-0.3, -0.25) is 0 Å². The van der Waals surface area contributed by atoms with Crippen LogP contribution in [-0.4, -0.2) is 63.1 Å². The van der Waals surface area contributed by atoms with Crippen LogP contribution in [0.3, 0.4) is 0 Å². The number of cyclic esters (lactones) is 1. The molecule has 30 heavy (non-hydrogen) atoms. The van der Waals surface area contributed by atoms with Gasteiger partial charge < -0.3 is 19.1 Å². The fraction of sp³-hybridized carbons (Fsp3) is 0.792. The van der Waals surface area contributed by atoms with Crippen LogP contribution in [0.1, 0.15) is 52.9 Å². The molecular weight excluding hydrogens is 394 g/mol. The van der Waals surface area contributed by atoms with Crippen LogP contribution in [0.4, 0.5) is 0 Å². The summed E-state index contributed by atoms with van der Waals surface area (Å²) in [7, 11) is 0.600. The highest BCUT2D eigenvalue weighted by atomic mass is 28.3. The molecule has 0 unspecified atom stereocenters. The molecule has 1 saturated heterocycles. The molecule has 6 heteroatoms. The highest BCUT2D eigenvalue weighted by Crippen LogP contribution is 2.39. The molecule has 0 N–H and O–H groups in total. The van der Waals surface area contributed by atoms with Gasteiger partial charge in [-0.25, -0.2) is 4.79 Å². The standard InChI is InChI=1S/C24H43NO4Si/c1-8-11-13-20-23(28-16-17-30(5,6)7)19(18-22(26)29-20)25-15-12-14-21(25)24(9-2,10-3)27-4/h11,13,18,20-21,23H,8-10,12,14-17H2,1-7H3/b13-11+/t20-,21+,23-/m1/s1. The van der Waals surface area contributed by atoms with Crippen molar-refractivity contribution < 1.29 is 19.0 Å². The van der Waals surface area contributed by atoms with Crippen LogP contribution in [0.5, 0.6) is 0 Å². The number of hydrogen-bond acceptors (Lipinski definition) is 5. The normalized spacial score (nSPS) is 25.7. The minimum Gasteiger partial charge on any atom is -0.452 e. The van der Waals surface area contributed by atoms with Crippen molar-refractivity contribution in [3.8, 4) is 0 Å². The molecule has 0 aliphatic carbocycles. The number of allylic oxidation sites excluding steroid dienone is 1. The molecule has 0 radical (unpaired) electrons. The van der Waals surface area contributed by atoms with E-state index in [2.05, 4.69) is 51.4 Å². The molecule has 0 aromatic rings. The van der Waals surface area contributed by atoms with Crippen molar-refractivity contribution in [3.05, 3.63) is 23.9 Å². The third-order valence-corrected chi connectivity index (χ3v) is 8.32. The molecule has 172 valence electrons. The van der Waals surface area contributed by atoms with E-state index in [9.17, 15) is 4.79 Å². The van der Waals surface area contributed by atoms with Crippen LogP contribution < -0.4 is 0 Å². The minimum absolute atomic E-state index is 0.212. The van der Waals surface area contributed by atoms with Crippen molar-refractivity contribution in [1.29, 1.82) is 0 Å². The van der Waals surface area contributed by atoms with Gasteiger partial charge in [0.2, 0.25) is 0 Å². The lowest BCUT2D eigenvalue weighted by Gasteiger charge is -2.45. The van der Waals surface area contributed by atoms with Gasteiger partial charge in [0.1, 0.15) is 6.10 Å². The second-order valence-electron chi connectivity index (χ2n) is 9.74. The zero-order valence-corrected chi connectivity index (χ0v) is 21.2. The predicted octanol–water partition coefficient (Wildman–Crippen LogP) is 5.15. The third-order valence-electron chi connectivity index (χ3n) is 6.61. The highest BCUT2D eigenvalue weighted by molar-refractivity contribution is 6.76. The van der Waals surface area contributed by atoms with Crippen LogP contribution >= 0.6 is 0 Å². The Labute approximate surface area is 184 Å². The van der Waals surface area contributed by atoms with Crippen LogP contribution in [0.2, 0.25) is 25.7 Å². The molecule has 5 nitrogen and oxygen atoms in total. The van der Waals surface area contributed by atoms with Crippen LogP contribution in [0, 0.1) is 0 Å². The maximum Gasteiger partial charge on any atom is 0.333 e. The summed E-state index contributed by atoms with van der Waals surface area (Å²) in [5.41, 5.74) is 0.759. The van der Waals surface area contributed by atoms with E-state index in [1.807, 2.05) is 13.2 Å². The number of hydrogen-bond donors (Lipinski definition) is 0. The minimum atomic E-state index is -1.22. The van der Waals surface area contributed by atoms with Gasteiger partial charge in [0.05, 0.1) is 17.3 Å². The lowest BCUT2D eigenvalue weighted by atomic mass is 9.86. The van der Waals surface area contributed by atoms with Gasteiger partial charge in [-0.1, -0.05) is 46.5 Å². The van der Waals surface area contributed by atoms with Crippen LogP contribution in [0.25, 0.3) is 0 Å². The first kappa shape index (κ1) is 25.2. The molecule has 1 fully saturated rings. The SMILES string of the molecule is CC/C=C/[C@H]1OC(=O)C=C(N2CCC[C@H]2C(CC)(CC)OC)[C@H]1OCC[Si](C)(C)C. The molecule has 0 spiro atoms. The summed E-state index contributed by atoms with van der Waals surface area (Å²) < 4.78 is 18.2. The van der Waals surface area contributed by atoms with E-state index in [4.69, 9.17) is 14.2 Å². The Hall–Kier alpha value is -1.11. The first-order valence-electron chi connectivity index (χ1n) is 11.7. The van der Waals surface area contributed by atoms with E-state index in [-0.39, 0.29) is 29.8 Å². The molecule has 3 atom stereocenters. The fourth-order valence-electron chi connectivity index (χ4n) is 4.70. The molecular formula is C24H43NO4Si. The lowest BCUT2D eigenvalue weighted by molar-refractivity contribution is -0.151. The Bertz CT molecular complexity index is 613. The molecule has 0 aromatic carbocycles. The zero-order valence-electron chi connectivity index (χ0n) is 20.2. The number of carbonyl (C=O) groups excluding carboxylic acids is 1. The van der Waals surface area contributed by atoms with E-state index >= 15 is 0 Å². The topological polar surface area (TPSA) is 48.0 Å². The average molecular weight is 438 g/mol. The van der Waals surface area contributed by atoms with Crippen molar-refractivity contribution >= 4 is 14.0 Å². The quantitative estimate of drug-likeness (QED) is 0.254. The van der Waals surface area contributed by atoms with Gasteiger partial charge in [0.15, 0.2) is 6.10 Å². The van der Waals surface area contributed by atoms with E-state index in [0.717, 1.165) is 50.4 Å². The summed E-state index contributed by atoms with van der Waals surface area (Å²) in [4.78, 5) is 14.9. The molecule has 0 amide bonds. The second-order valence-corrected chi connectivity index (χ2v) is 15.4. The summed E-state index contributed by atoms with van der Waals surface area (Å²) >= 11 is 0. The molecule has 2 aliphatic heterocycles. The van der Waals surface area contributed by atoms with E-state index in [1.54, 1.807) is 6.08 Å². The summed E-state index contributed by atoms with van der Waals surface area (Å²) in [5, 5.41) is 0. The Morgan fingerprint density at radius 2 is 1.97 bits per heavy atom. The monoisotopic (exact) mass is 437 g/mol. The lowest BCUT2D eigenvalue weighted by Crippen LogP contribution is -2.53. The maximum atomic E-state index is 12.5. The van der Waals surface area contributed by atoms with Crippen LogP contribution in [-0.2, 0) is 19.0 Å². The van der Waals surface area contributed by atoms with Crippen LogP contribution in [0.15, 0.2) is 23.9 Å².